The quantitative estimate of drug-likeness (QED) is 0.712. The first-order valence-electron chi connectivity index (χ1n) is 4.59. The lowest BCUT2D eigenvalue weighted by Crippen LogP contribution is -2.13. The smallest absolute Gasteiger partial charge is 0.0587 e. The second-order valence-corrected chi connectivity index (χ2v) is 3.54. The molecule has 0 aliphatic heterocycles. The van der Waals surface area contributed by atoms with Crippen molar-refractivity contribution in [3.05, 3.63) is 35.9 Å². The number of thiol groups is 1. The highest BCUT2D eigenvalue weighted by atomic mass is 32.1. The highest BCUT2D eigenvalue weighted by Gasteiger charge is 2.01. The summed E-state index contributed by atoms with van der Waals surface area (Å²) in [5.41, 5.74) is 1.33. The molecule has 1 unspecified atom stereocenters. The third-order valence-corrected chi connectivity index (χ3v) is 2.04. The molecule has 0 aliphatic rings. The van der Waals surface area contributed by atoms with Crippen molar-refractivity contribution < 1.29 is 4.74 Å². The van der Waals surface area contributed by atoms with Gasteiger partial charge in [-0.25, -0.2) is 0 Å². The van der Waals surface area contributed by atoms with Gasteiger partial charge in [-0.15, -0.1) is 0 Å². The predicted molar refractivity (Wildman–Crippen MR) is 59.4 cm³/mol. The number of hydrogen-bond acceptors (Lipinski definition) is 2. The lowest BCUT2D eigenvalue weighted by atomic mass is 10.1. The Morgan fingerprint density at radius 2 is 2.00 bits per heavy atom. The molecule has 72 valence electrons. The van der Waals surface area contributed by atoms with Gasteiger partial charge in [0.05, 0.1) is 12.7 Å². The molecular formula is C11H16OS. The maximum atomic E-state index is 5.52. The minimum atomic E-state index is 0.287. The molecule has 0 N–H and O–H groups in total. The topological polar surface area (TPSA) is 9.23 Å². The summed E-state index contributed by atoms with van der Waals surface area (Å²) in [7, 11) is 0. The van der Waals surface area contributed by atoms with Crippen molar-refractivity contribution >= 4 is 12.6 Å². The highest BCUT2D eigenvalue weighted by Crippen LogP contribution is 2.05. The van der Waals surface area contributed by atoms with Gasteiger partial charge in [0.15, 0.2) is 0 Å². The molecule has 13 heavy (non-hydrogen) atoms. The van der Waals surface area contributed by atoms with Crippen LogP contribution in [-0.4, -0.2) is 18.5 Å². The van der Waals surface area contributed by atoms with E-state index >= 15 is 0 Å². The van der Waals surface area contributed by atoms with E-state index in [4.69, 9.17) is 4.74 Å². The van der Waals surface area contributed by atoms with E-state index in [1.807, 2.05) is 6.07 Å². The molecule has 0 heterocycles. The molecule has 1 aromatic carbocycles. The molecule has 0 fully saturated rings. The van der Waals surface area contributed by atoms with Gasteiger partial charge >= 0.3 is 0 Å². The predicted octanol–water partition coefficient (Wildman–Crippen LogP) is 2.56. The van der Waals surface area contributed by atoms with E-state index < -0.39 is 0 Å². The number of ether oxygens (including phenoxy) is 1. The summed E-state index contributed by atoms with van der Waals surface area (Å²) >= 11 is 4.10. The molecule has 1 aromatic rings. The molecule has 0 saturated heterocycles. The Balaban J connectivity index is 2.32. The van der Waals surface area contributed by atoms with Crippen LogP contribution in [-0.2, 0) is 11.2 Å². The summed E-state index contributed by atoms with van der Waals surface area (Å²) in [5, 5.41) is 0. The molecule has 2 heteroatoms. The van der Waals surface area contributed by atoms with Crippen LogP contribution in [0.2, 0.25) is 0 Å². The fourth-order valence-corrected chi connectivity index (χ4v) is 1.36. The van der Waals surface area contributed by atoms with E-state index in [0.29, 0.717) is 0 Å². The van der Waals surface area contributed by atoms with E-state index in [1.165, 1.54) is 5.56 Å². The average molecular weight is 196 g/mol. The molecule has 0 spiro atoms. The summed E-state index contributed by atoms with van der Waals surface area (Å²) in [6, 6.07) is 10.4. The summed E-state index contributed by atoms with van der Waals surface area (Å²) < 4.78 is 5.52. The van der Waals surface area contributed by atoms with Gasteiger partial charge in [0.25, 0.3) is 0 Å². The third-order valence-electron chi connectivity index (χ3n) is 1.86. The van der Waals surface area contributed by atoms with Crippen molar-refractivity contribution in [2.45, 2.75) is 19.4 Å². The summed E-state index contributed by atoms with van der Waals surface area (Å²) in [5.74, 6) is 0.791. The molecule has 1 nitrogen and oxygen atoms in total. The zero-order valence-corrected chi connectivity index (χ0v) is 8.84. The minimum absolute atomic E-state index is 0.287. The molecular weight excluding hydrogens is 180 g/mol. The number of benzene rings is 1. The van der Waals surface area contributed by atoms with Crippen LogP contribution in [0.1, 0.15) is 12.5 Å². The Bertz CT molecular complexity index is 223. The van der Waals surface area contributed by atoms with Gasteiger partial charge in [-0.3, -0.25) is 0 Å². The molecule has 0 radical (unpaired) electrons. The van der Waals surface area contributed by atoms with Gasteiger partial charge in [0, 0.05) is 5.75 Å². The van der Waals surface area contributed by atoms with Gasteiger partial charge in [0.2, 0.25) is 0 Å². The SMILES string of the molecule is CC(Cc1ccccc1)OCCS. The Morgan fingerprint density at radius 1 is 1.31 bits per heavy atom. The Morgan fingerprint density at radius 3 is 2.62 bits per heavy atom. The summed E-state index contributed by atoms with van der Waals surface area (Å²) in [6.07, 6.45) is 1.27. The van der Waals surface area contributed by atoms with E-state index in [-0.39, 0.29) is 6.10 Å². The lowest BCUT2D eigenvalue weighted by Gasteiger charge is -2.11. The maximum absolute atomic E-state index is 5.52. The first kappa shape index (κ1) is 10.6. The summed E-state index contributed by atoms with van der Waals surface area (Å²) in [6.45, 7) is 2.83. The largest absolute Gasteiger partial charge is 0.377 e. The van der Waals surface area contributed by atoms with E-state index in [1.54, 1.807) is 0 Å². The van der Waals surface area contributed by atoms with Gasteiger partial charge in [-0.2, -0.15) is 12.6 Å². The van der Waals surface area contributed by atoms with E-state index in [2.05, 4.69) is 43.8 Å². The maximum Gasteiger partial charge on any atom is 0.0587 e. The van der Waals surface area contributed by atoms with Crippen LogP contribution in [0, 0.1) is 0 Å². The van der Waals surface area contributed by atoms with Gasteiger partial charge < -0.3 is 4.74 Å². The van der Waals surface area contributed by atoms with Crippen LogP contribution in [0.15, 0.2) is 30.3 Å². The molecule has 0 saturated carbocycles. The average Bonchev–Trinajstić information content (AvgIpc) is 2.16. The molecule has 1 atom stereocenters. The van der Waals surface area contributed by atoms with Crippen LogP contribution in [0.4, 0.5) is 0 Å². The second kappa shape index (κ2) is 6.06. The van der Waals surface area contributed by atoms with Crippen molar-refractivity contribution in [2.24, 2.45) is 0 Å². The van der Waals surface area contributed by atoms with Crippen molar-refractivity contribution in [2.75, 3.05) is 12.4 Å². The monoisotopic (exact) mass is 196 g/mol. The zero-order valence-electron chi connectivity index (χ0n) is 7.94. The third kappa shape index (κ3) is 4.34. The van der Waals surface area contributed by atoms with Crippen LogP contribution in [0.5, 0.6) is 0 Å². The first-order valence-corrected chi connectivity index (χ1v) is 5.22. The Labute approximate surface area is 85.5 Å². The number of rotatable bonds is 5. The van der Waals surface area contributed by atoms with Gasteiger partial charge in [-0.1, -0.05) is 30.3 Å². The Hall–Kier alpha value is -0.470. The van der Waals surface area contributed by atoms with Gasteiger partial charge in [0.1, 0.15) is 0 Å². The lowest BCUT2D eigenvalue weighted by molar-refractivity contribution is 0.0790. The summed E-state index contributed by atoms with van der Waals surface area (Å²) in [4.78, 5) is 0. The molecule has 0 bridgehead atoms. The van der Waals surface area contributed by atoms with Crippen molar-refractivity contribution in [3.8, 4) is 0 Å². The van der Waals surface area contributed by atoms with E-state index in [0.717, 1.165) is 18.8 Å². The van der Waals surface area contributed by atoms with Crippen molar-refractivity contribution in [3.63, 3.8) is 0 Å². The Kier molecular flexibility index (Phi) is 4.94. The van der Waals surface area contributed by atoms with E-state index in [9.17, 15) is 0 Å². The molecule has 0 aliphatic carbocycles. The number of hydrogen-bond donors (Lipinski definition) is 1. The van der Waals surface area contributed by atoms with Crippen LogP contribution < -0.4 is 0 Å². The first-order chi connectivity index (χ1) is 6.33. The fraction of sp³-hybridized carbons (Fsp3) is 0.455. The molecule has 1 rings (SSSR count). The van der Waals surface area contributed by atoms with Crippen molar-refractivity contribution in [1.29, 1.82) is 0 Å². The highest BCUT2D eigenvalue weighted by molar-refractivity contribution is 7.80. The van der Waals surface area contributed by atoms with Crippen molar-refractivity contribution in [1.82, 2.24) is 0 Å². The van der Waals surface area contributed by atoms with Gasteiger partial charge in [-0.05, 0) is 18.9 Å². The zero-order chi connectivity index (χ0) is 9.52. The van der Waals surface area contributed by atoms with Crippen LogP contribution in [0.25, 0.3) is 0 Å². The molecule has 0 amide bonds. The molecule has 0 aromatic heterocycles. The minimum Gasteiger partial charge on any atom is -0.377 e. The van der Waals surface area contributed by atoms with Crippen LogP contribution in [0.3, 0.4) is 0 Å². The van der Waals surface area contributed by atoms with Crippen LogP contribution >= 0.6 is 12.6 Å². The standard InChI is InChI=1S/C11H16OS/c1-10(12-7-8-13)9-11-5-3-2-4-6-11/h2-6,10,13H,7-9H2,1H3. The normalized spacial score (nSPS) is 12.8. The second-order valence-electron chi connectivity index (χ2n) is 3.09. The fourth-order valence-electron chi connectivity index (χ4n) is 1.26.